The summed E-state index contributed by atoms with van der Waals surface area (Å²) in [5.41, 5.74) is 2.77. The smallest absolute Gasteiger partial charge is 0.118 e. The molecule has 1 saturated heterocycles. The van der Waals surface area contributed by atoms with Gasteiger partial charge in [-0.2, -0.15) is 0 Å². The van der Waals surface area contributed by atoms with Crippen LogP contribution in [0.2, 0.25) is 5.02 Å². The van der Waals surface area contributed by atoms with E-state index in [0.29, 0.717) is 0 Å². The van der Waals surface area contributed by atoms with Crippen molar-refractivity contribution in [2.75, 3.05) is 20.2 Å². The molecule has 0 aromatic heterocycles. The highest BCUT2D eigenvalue weighted by Gasteiger charge is 2.19. The second-order valence-corrected chi connectivity index (χ2v) is 6.83. The van der Waals surface area contributed by atoms with Crippen LogP contribution in [0.4, 0.5) is 0 Å². The molecule has 0 unspecified atom stereocenters. The molecule has 2 nitrogen and oxygen atoms in total. The number of likely N-dealkylation sites (tertiary alicyclic amines) is 1. The van der Waals surface area contributed by atoms with Gasteiger partial charge < -0.3 is 4.74 Å². The van der Waals surface area contributed by atoms with E-state index in [1.807, 2.05) is 24.3 Å². The molecular weight excluding hydrogens is 306 g/mol. The lowest BCUT2D eigenvalue weighted by Crippen LogP contribution is -2.33. The second kappa shape index (κ2) is 7.85. The average Bonchev–Trinajstić information content (AvgIpc) is 2.59. The van der Waals surface area contributed by atoms with Crippen molar-refractivity contribution >= 4 is 11.6 Å². The lowest BCUT2D eigenvalue weighted by Gasteiger charge is -2.32. The number of hydrogen-bond acceptors (Lipinski definition) is 2. The lowest BCUT2D eigenvalue weighted by molar-refractivity contribution is 0.177. The van der Waals surface area contributed by atoms with Crippen LogP contribution in [0.1, 0.15) is 24.0 Å². The predicted octanol–water partition coefficient (Wildman–Crippen LogP) is 4.80. The Hall–Kier alpha value is -1.51. The number of rotatable bonds is 5. The van der Waals surface area contributed by atoms with Crippen molar-refractivity contribution in [1.82, 2.24) is 4.90 Å². The van der Waals surface area contributed by atoms with E-state index in [4.69, 9.17) is 16.3 Å². The fourth-order valence-electron chi connectivity index (χ4n) is 3.29. The van der Waals surface area contributed by atoms with E-state index in [1.54, 1.807) is 7.11 Å². The first-order valence-corrected chi connectivity index (χ1v) is 8.70. The lowest BCUT2D eigenvalue weighted by atomic mass is 9.90. The van der Waals surface area contributed by atoms with Crippen molar-refractivity contribution < 1.29 is 4.74 Å². The quantitative estimate of drug-likeness (QED) is 0.781. The summed E-state index contributed by atoms with van der Waals surface area (Å²) in [5.74, 6) is 1.72. The number of halogens is 1. The number of ether oxygens (including phenoxy) is 1. The molecule has 122 valence electrons. The fourth-order valence-corrected chi connectivity index (χ4v) is 3.42. The Morgan fingerprint density at radius 2 is 1.57 bits per heavy atom. The summed E-state index contributed by atoms with van der Waals surface area (Å²) in [6.07, 6.45) is 3.73. The number of benzene rings is 2. The van der Waals surface area contributed by atoms with Crippen LogP contribution in [0, 0.1) is 5.92 Å². The van der Waals surface area contributed by atoms with E-state index in [1.165, 1.54) is 43.5 Å². The van der Waals surface area contributed by atoms with Gasteiger partial charge in [-0.25, -0.2) is 0 Å². The van der Waals surface area contributed by atoms with Gasteiger partial charge in [-0.3, -0.25) is 4.90 Å². The van der Waals surface area contributed by atoms with Crippen molar-refractivity contribution in [3.05, 3.63) is 64.7 Å². The van der Waals surface area contributed by atoms with Gasteiger partial charge in [0.15, 0.2) is 0 Å². The summed E-state index contributed by atoms with van der Waals surface area (Å²) >= 11 is 5.96. The molecule has 3 rings (SSSR count). The maximum absolute atomic E-state index is 5.96. The minimum atomic E-state index is 0.795. The largest absolute Gasteiger partial charge is 0.497 e. The minimum absolute atomic E-state index is 0.795. The molecule has 1 heterocycles. The second-order valence-electron chi connectivity index (χ2n) is 6.40. The zero-order chi connectivity index (χ0) is 16.1. The minimum Gasteiger partial charge on any atom is -0.497 e. The fraction of sp³-hybridized carbons (Fsp3) is 0.400. The highest BCUT2D eigenvalue weighted by Crippen LogP contribution is 2.24. The Morgan fingerprint density at radius 1 is 0.957 bits per heavy atom. The first-order chi connectivity index (χ1) is 11.2. The maximum Gasteiger partial charge on any atom is 0.118 e. The van der Waals surface area contributed by atoms with E-state index in [2.05, 4.69) is 29.2 Å². The van der Waals surface area contributed by atoms with Gasteiger partial charge >= 0.3 is 0 Å². The maximum atomic E-state index is 5.96. The van der Waals surface area contributed by atoms with Gasteiger partial charge in [-0.05, 0) is 73.7 Å². The molecule has 1 aliphatic rings. The molecule has 2 aromatic rings. The SMILES string of the molecule is COc1ccc(CN2CCC(Cc3ccc(Cl)cc3)CC2)cc1. The van der Waals surface area contributed by atoms with Crippen LogP contribution < -0.4 is 4.74 Å². The first-order valence-electron chi connectivity index (χ1n) is 8.32. The zero-order valence-electron chi connectivity index (χ0n) is 13.7. The molecule has 0 radical (unpaired) electrons. The number of hydrogen-bond donors (Lipinski definition) is 0. The van der Waals surface area contributed by atoms with Crippen LogP contribution in [-0.2, 0) is 13.0 Å². The summed E-state index contributed by atoms with van der Waals surface area (Å²) in [6.45, 7) is 3.41. The van der Waals surface area contributed by atoms with Crippen molar-refractivity contribution in [2.24, 2.45) is 5.92 Å². The van der Waals surface area contributed by atoms with Gasteiger partial charge in [0.05, 0.1) is 7.11 Å². The summed E-state index contributed by atoms with van der Waals surface area (Å²) in [7, 11) is 1.71. The average molecular weight is 330 g/mol. The summed E-state index contributed by atoms with van der Waals surface area (Å²) in [6, 6.07) is 16.7. The highest BCUT2D eigenvalue weighted by atomic mass is 35.5. The Balaban J connectivity index is 1.47. The van der Waals surface area contributed by atoms with Crippen molar-refractivity contribution in [1.29, 1.82) is 0 Å². The normalized spacial score (nSPS) is 16.4. The van der Waals surface area contributed by atoms with E-state index in [9.17, 15) is 0 Å². The topological polar surface area (TPSA) is 12.5 Å². The molecule has 3 heteroatoms. The summed E-state index contributed by atoms with van der Waals surface area (Å²) in [5, 5.41) is 0.822. The molecule has 1 fully saturated rings. The van der Waals surface area contributed by atoms with Crippen LogP contribution in [-0.4, -0.2) is 25.1 Å². The van der Waals surface area contributed by atoms with Gasteiger partial charge in [0.2, 0.25) is 0 Å². The van der Waals surface area contributed by atoms with Gasteiger partial charge in [0, 0.05) is 11.6 Å². The van der Waals surface area contributed by atoms with Crippen LogP contribution in [0.15, 0.2) is 48.5 Å². The third-order valence-corrected chi connectivity index (χ3v) is 4.96. The van der Waals surface area contributed by atoms with Crippen LogP contribution in [0.5, 0.6) is 5.75 Å². The molecule has 0 saturated carbocycles. The summed E-state index contributed by atoms with van der Waals surface area (Å²) < 4.78 is 5.22. The van der Waals surface area contributed by atoms with Crippen molar-refractivity contribution in [3.63, 3.8) is 0 Å². The van der Waals surface area contributed by atoms with Gasteiger partial charge in [-0.1, -0.05) is 35.9 Å². The van der Waals surface area contributed by atoms with Gasteiger partial charge in [0.1, 0.15) is 5.75 Å². The van der Waals surface area contributed by atoms with E-state index < -0.39 is 0 Å². The van der Waals surface area contributed by atoms with Gasteiger partial charge in [0.25, 0.3) is 0 Å². The predicted molar refractivity (Wildman–Crippen MR) is 96.2 cm³/mol. The molecular formula is C20H24ClNO. The highest BCUT2D eigenvalue weighted by molar-refractivity contribution is 6.30. The Bertz CT molecular complexity index is 601. The van der Waals surface area contributed by atoms with E-state index in [-0.39, 0.29) is 0 Å². The van der Waals surface area contributed by atoms with Crippen LogP contribution >= 0.6 is 11.6 Å². The first kappa shape index (κ1) is 16.4. The zero-order valence-corrected chi connectivity index (χ0v) is 14.4. The van der Waals surface area contributed by atoms with Crippen LogP contribution in [0.25, 0.3) is 0 Å². The summed E-state index contributed by atoms with van der Waals surface area (Å²) in [4.78, 5) is 2.56. The molecule has 2 aromatic carbocycles. The number of methoxy groups -OCH3 is 1. The van der Waals surface area contributed by atoms with Gasteiger partial charge in [-0.15, -0.1) is 0 Å². The number of piperidine rings is 1. The third-order valence-electron chi connectivity index (χ3n) is 4.71. The van der Waals surface area contributed by atoms with E-state index >= 15 is 0 Å². The van der Waals surface area contributed by atoms with Crippen molar-refractivity contribution in [3.8, 4) is 5.75 Å². The molecule has 0 amide bonds. The molecule has 0 atom stereocenters. The molecule has 23 heavy (non-hydrogen) atoms. The molecule has 0 aliphatic carbocycles. The molecule has 1 aliphatic heterocycles. The molecule has 0 spiro atoms. The molecule has 0 bridgehead atoms. The standard InChI is InChI=1S/C20H24ClNO/c1-23-20-8-4-18(5-9-20)15-22-12-10-17(11-13-22)14-16-2-6-19(21)7-3-16/h2-9,17H,10-15H2,1H3. The van der Waals surface area contributed by atoms with E-state index in [0.717, 1.165) is 23.2 Å². The Labute approximate surface area is 144 Å². The molecule has 0 N–H and O–H groups in total. The monoisotopic (exact) mass is 329 g/mol. The third kappa shape index (κ3) is 4.73. The van der Waals surface area contributed by atoms with Crippen molar-refractivity contribution in [2.45, 2.75) is 25.8 Å². The van der Waals surface area contributed by atoms with Crippen LogP contribution in [0.3, 0.4) is 0 Å². The Kier molecular flexibility index (Phi) is 5.58. The Morgan fingerprint density at radius 3 is 2.17 bits per heavy atom. The number of nitrogens with zero attached hydrogens (tertiary/aromatic N) is 1.